The van der Waals surface area contributed by atoms with Gasteiger partial charge in [-0.2, -0.15) is 36.6 Å². The van der Waals surface area contributed by atoms with E-state index in [0.29, 0.717) is 11.3 Å². The number of hydrogen-bond acceptors (Lipinski definition) is 5. The van der Waals surface area contributed by atoms with Gasteiger partial charge in [0, 0.05) is 5.56 Å². The standard InChI is InChI=1S/C14H8F6N4OS/c1-25-24-11(7-3-2-4-8(5-7)13(15,16)17)23-12-22-10(14(18,19)20)9(6-21)26-12/h2-5H,1H3,(H,22,23,24). The lowest BCUT2D eigenvalue weighted by Gasteiger charge is -2.11. The van der Waals surface area contributed by atoms with Crippen LogP contribution in [-0.4, -0.2) is 17.9 Å². The van der Waals surface area contributed by atoms with Crippen molar-refractivity contribution in [3.8, 4) is 6.07 Å². The number of aliphatic imine (C=N–C) groups is 1. The minimum Gasteiger partial charge on any atom is -0.278 e. The maximum Gasteiger partial charge on any atom is 0.435 e. The van der Waals surface area contributed by atoms with E-state index in [4.69, 9.17) is 5.26 Å². The number of benzene rings is 1. The molecule has 2 rings (SSSR count). The molecule has 0 saturated heterocycles. The zero-order valence-electron chi connectivity index (χ0n) is 12.7. The number of thiazole rings is 1. The molecular weight excluding hydrogens is 386 g/mol. The summed E-state index contributed by atoms with van der Waals surface area (Å²) in [4.78, 5) is 10.9. The van der Waals surface area contributed by atoms with E-state index in [0.717, 1.165) is 25.3 Å². The number of halogens is 6. The summed E-state index contributed by atoms with van der Waals surface area (Å²) >= 11 is 0.347. The Hall–Kier alpha value is -2.65. The van der Waals surface area contributed by atoms with Crippen molar-refractivity contribution in [2.75, 3.05) is 7.11 Å². The van der Waals surface area contributed by atoms with Crippen molar-refractivity contribution < 1.29 is 31.2 Å². The second-order valence-electron chi connectivity index (χ2n) is 4.63. The Bertz CT molecular complexity index is 866. The van der Waals surface area contributed by atoms with Gasteiger partial charge in [-0.1, -0.05) is 23.5 Å². The van der Waals surface area contributed by atoms with Crippen LogP contribution in [-0.2, 0) is 17.2 Å². The topological polar surface area (TPSA) is 70.3 Å². The van der Waals surface area contributed by atoms with Gasteiger partial charge in [0.1, 0.15) is 10.9 Å². The third-order valence-corrected chi connectivity index (χ3v) is 3.71. The van der Waals surface area contributed by atoms with E-state index < -0.39 is 33.6 Å². The number of nitrogens with zero attached hydrogens (tertiary/aromatic N) is 3. The molecule has 1 heterocycles. The van der Waals surface area contributed by atoms with Crippen molar-refractivity contribution in [1.29, 1.82) is 5.26 Å². The highest BCUT2D eigenvalue weighted by Gasteiger charge is 2.38. The van der Waals surface area contributed by atoms with Crippen LogP contribution in [0.2, 0.25) is 0 Å². The highest BCUT2D eigenvalue weighted by Crippen LogP contribution is 2.37. The Kier molecular flexibility index (Phi) is 5.53. The van der Waals surface area contributed by atoms with Crippen LogP contribution in [0.4, 0.5) is 31.5 Å². The SMILES string of the molecule is CON/C(=N\c1nc(C(F)(F)F)c(C#N)s1)c1cccc(C(F)(F)F)c1. The number of aromatic nitrogens is 1. The van der Waals surface area contributed by atoms with Crippen LogP contribution in [0.3, 0.4) is 0 Å². The molecule has 0 amide bonds. The van der Waals surface area contributed by atoms with Crippen LogP contribution >= 0.6 is 11.3 Å². The number of nitriles is 1. The molecule has 0 bridgehead atoms. The van der Waals surface area contributed by atoms with Crippen LogP contribution in [0.5, 0.6) is 0 Å². The summed E-state index contributed by atoms with van der Waals surface area (Å²) in [6.07, 6.45) is -9.48. The molecule has 1 N–H and O–H groups in total. The van der Waals surface area contributed by atoms with Crippen LogP contribution in [0.15, 0.2) is 29.3 Å². The number of alkyl halides is 6. The Morgan fingerprint density at radius 3 is 2.42 bits per heavy atom. The first kappa shape index (κ1) is 19.7. The molecule has 1 aromatic heterocycles. The number of rotatable bonds is 3. The maximum absolute atomic E-state index is 12.8. The Labute approximate surface area is 146 Å². The molecule has 5 nitrogen and oxygen atoms in total. The van der Waals surface area contributed by atoms with Gasteiger partial charge < -0.3 is 0 Å². The van der Waals surface area contributed by atoms with E-state index >= 15 is 0 Å². The highest BCUT2D eigenvalue weighted by molar-refractivity contribution is 7.16. The molecule has 0 aliphatic rings. The molecule has 26 heavy (non-hydrogen) atoms. The van der Waals surface area contributed by atoms with E-state index in [1.54, 1.807) is 0 Å². The van der Waals surface area contributed by atoms with Crippen LogP contribution in [0, 0.1) is 11.3 Å². The molecule has 0 fully saturated rings. The minimum atomic E-state index is -4.86. The van der Waals surface area contributed by atoms with Gasteiger partial charge in [0.25, 0.3) is 0 Å². The van der Waals surface area contributed by atoms with Gasteiger partial charge in [-0.3, -0.25) is 4.84 Å². The van der Waals surface area contributed by atoms with Gasteiger partial charge in [0.15, 0.2) is 11.5 Å². The Morgan fingerprint density at radius 2 is 1.92 bits per heavy atom. The van der Waals surface area contributed by atoms with E-state index in [-0.39, 0.29) is 11.4 Å². The maximum atomic E-state index is 12.8. The number of amidine groups is 1. The third-order valence-electron chi connectivity index (χ3n) is 2.86. The van der Waals surface area contributed by atoms with Crippen molar-refractivity contribution >= 4 is 22.3 Å². The highest BCUT2D eigenvalue weighted by atomic mass is 32.1. The lowest BCUT2D eigenvalue weighted by Crippen LogP contribution is -2.23. The minimum absolute atomic E-state index is 0.0936. The normalized spacial score (nSPS) is 12.8. The monoisotopic (exact) mass is 394 g/mol. The van der Waals surface area contributed by atoms with Crippen LogP contribution in [0.25, 0.3) is 0 Å². The zero-order chi connectivity index (χ0) is 19.5. The van der Waals surface area contributed by atoms with E-state index in [2.05, 4.69) is 20.3 Å². The second-order valence-corrected chi connectivity index (χ2v) is 5.61. The number of hydrogen-bond donors (Lipinski definition) is 1. The quantitative estimate of drug-likeness (QED) is 0.365. The fourth-order valence-electron chi connectivity index (χ4n) is 1.81. The first-order chi connectivity index (χ1) is 12.1. The zero-order valence-corrected chi connectivity index (χ0v) is 13.6. The average Bonchev–Trinajstić information content (AvgIpc) is 2.97. The lowest BCUT2D eigenvalue weighted by molar-refractivity contribution is -0.141. The van der Waals surface area contributed by atoms with Crippen molar-refractivity contribution in [2.24, 2.45) is 4.99 Å². The smallest absolute Gasteiger partial charge is 0.278 e. The van der Waals surface area contributed by atoms with E-state index in [9.17, 15) is 26.3 Å². The molecule has 12 heteroatoms. The van der Waals surface area contributed by atoms with Gasteiger partial charge in [-0.05, 0) is 12.1 Å². The molecule has 1 aromatic carbocycles. The lowest BCUT2D eigenvalue weighted by atomic mass is 10.1. The molecule has 0 atom stereocenters. The molecular formula is C14H8F6N4OS. The molecule has 2 aromatic rings. The molecule has 0 radical (unpaired) electrons. The summed E-state index contributed by atoms with van der Waals surface area (Å²) in [5.74, 6) is -0.300. The van der Waals surface area contributed by atoms with Crippen molar-refractivity contribution in [2.45, 2.75) is 12.4 Å². The summed E-state index contributed by atoms with van der Waals surface area (Å²) in [6, 6.07) is 5.29. The average molecular weight is 394 g/mol. The number of nitrogens with one attached hydrogen (secondary N) is 1. The van der Waals surface area contributed by atoms with Crippen LogP contribution in [0.1, 0.15) is 21.7 Å². The fourth-order valence-corrected chi connectivity index (χ4v) is 2.57. The predicted molar refractivity (Wildman–Crippen MR) is 79.6 cm³/mol. The van der Waals surface area contributed by atoms with Crippen LogP contribution < -0.4 is 5.48 Å². The van der Waals surface area contributed by atoms with Crippen molar-refractivity contribution in [3.63, 3.8) is 0 Å². The second kappa shape index (κ2) is 7.30. The van der Waals surface area contributed by atoms with Gasteiger partial charge in [-0.15, -0.1) is 0 Å². The molecule has 0 aliphatic carbocycles. The summed E-state index contributed by atoms with van der Waals surface area (Å²) < 4.78 is 76.9. The summed E-state index contributed by atoms with van der Waals surface area (Å²) in [7, 11) is 1.15. The largest absolute Gasteiger partial charge is 0.435 e. The van der Waals surface area contributed by atoms with Gasteiger partial charge in [0.2, 0.25) is 5.13 Å². The van der Waals surface area contributed by atoms with Gasteiger partial charge >= 0.3 is 12.4 Å². The third kappa shape index (κ3) is 4.50. The first-order valence-electron chi connectivity index (χ1n) is 6.59. The van der Waals surface area contributed by atoms with Gasteiger partial charge in [-0.25, -0.2) is 10.5 Å². The fraction of sp³-hybridized carbons (Fsp3) is 0.214. The van der Waals surface area contributed by atoms with E-state index in [1.807, 2.05) is 0 Å². The molecule has 0 aliphatic heterocycles. The Balaban J connectivity index is 2.52. The van der Waals surface area contributed by atoms with Crippen molar-refractivity contribution in [3.05, 3.63) is 46.0 Å². The summed E-state index contributed by atoms with van der Waals surface area (Å²) in [6.45, 7) is 0. The first-order valence-corrected chi connectivity index (χ1v) is 7.41. The Morgan fingerprint density at radius 1 is 1.23 bits per heavy atom. The van der Waals surface area contributed by atoms with E-state index in [1.165, 1.54) is 12.1 Å². The van der Waals surface area contributed by atoms with Crippen molar-refractivity contribution in [1.82, 2.24) is 10.5 Å². The molecule has 138 valence electrons. The van der Waals surface area contributed by atoms with Gasteiger partial charge in [0.05, 0.1) is 12.7 Å². The molecule has 0 saturated carbocycles. The molecule has 0 unspecified atom stereocenters. The number of hydroxylamine groups is 1. The predicted octanol–water partition coefficient (Wildman–Crippen LogP) is 4.28. The summed E-state index contributed by atoms with van der Waals surface area (Å²) in [5, 5.41) is 8.32. The molecule has 0 spiro atoms. The summed E-state index contributed by atoms with van der Waals surface area (Å²) in [5.41, 5.74) is -0.288.